The van der Waals surface area contributed by atoms with Crippen LogP contribution in [0.3, 0.4) is 0 Å². The molecule has 5 N–H and O–H groups in total. The molecule has 0 radical (unpaired) electrons. The van der Waals surface area contributed by atoms with E-state index in [9.17, 15) is 23.2 Å². The predicted molar refractivity (Wildman–Crippen MR) is 128 cm³/mol. The summed E-state index contributed by atoms with van der Waals surface area (Å²) in [7, 11) is 0. The van der Waals surface area contributed by atoms with Crippen LogP contribution in [0.5, 0.6) is 0 Å². The monoisotopic (exact) mass is 499 g/mol. The van der Waals surface area contributed by atoms with E-state index in [-0.39, 0.29) is 28.0 Å². The summed E-state index contributed by atoms with van der Waals surface area (Å²) < 4.78 is 31.8. The van der Waals surface area contributed by atoms with E-state index in [4.69, 9.17) is 11.5 Å². The lowest BCUT2D eigenvalue weighted by atomic mass is 10.0. The van der Waals surface area contributed by atoms with Crippen molar-refractivity contribution < 1.29 is 23.2 Å². The molecule has 0 bridgehead atoms. The van der Waals surface area contributed by atoms with Gasteiger partial charge >= 0.3 is 0 Å². The van der Waals surface area contributed by atoms with Gasteiger partial charge in [0.05, 0.1) is 5.69 Å². The Bertz CT molecular complexity index is 1260. The van der Waals surface area contributed by atoms with Gasteiger partial charge in [-0.15, -0.1) is 0 Å². The quantitative estimate of drug-likeness (QED) is 0.458. The summed E-state index contributed by atoms with van der Waals surface area (Å²) in [6.07, 6.45) is 3.51. The van der Waals surface area contributed by atoms with Gasteiger partial charge in [-0.25, -0.2) is 8.78 Å². The van der Waals surface area contributed by atoms with Crippen molar-refractivity contribution in [1.29, 1.82) is 0 Å². The van der Waals surface area contributed by atoms with Crippen molar-refractivity contribution in [2.45, 2.75) is 37.8 Å². The van der Waals surface area contributed by atoms with Gasteiger partial charge in [-0.3, -0.25) is 19.3 Å². The normalized spacial score (nSPS) is 14.5. The summed E-state index contributed by atoms with van der Waals surface area (Å²) >= 11 is 0.647. The molecule has 3 amide bonds. The first-order chi connectivity index (χ1) is 16.8. The maximum Gasteiger partial charge on any atom is 0.273 e. The molecule has 35 heavy (non-hydrogen) atoms. The van der Waals surface area contributed by atoms with Crippen LogP contribution in [0.25, 0.3) is 0 Å². The first-order valence-electron chi connectivity index (χ1n) is 11.0. The zero-order chi connectivity index (χ0) is 25.1. The van der Waals surface area contributed by atoms with E-state index in [0.717, 1.165) is 36.6 Å². The molecule has 0 spiro atoms. The Kier molecular flexibility index (Phi) is 7.06. The third-order valence-corrected chi connectivity index (χ3v) is 6.71. The minimum atomic E-state index is -1.29. The average Bonchev–Trinajstić information content (AvgIpc) is 3.47. The number of hydrogen-bond donors (Lipinski definition) is 3. The number of nitrogens with one attached hydrogen (secondary N) is 1. The average molecular weight is 500 g/mol. The number of primary amides is 1. The Morgan fingerprint density at radius 1 is 1.06 bits per heavy atom. The van der Waals surface area contributed by atoms with Crippen molar-refractivity contribution in [3.8, 4) is 0 Å². The smallest absolute Gasteiger partial charge is 0.273 e. The van der Waals surface area contributed by atoms with Crippen molar-refractivity contribution in [2.24, 2.45) is 5.73 Å². The second kappa shape index (κ2) is 10.2. The number of aromatic nitrogens is 1. The Balaban J connectivity index is 1.85. The van der Waals surface area contributed by atoms with E-state index >= 15 is 0 Å². The van der Waals surface area contributed by atoms with Gasteiger partial charge < -0.3 is 16.8 Å². The molecule has 3 aromatic rings. The largest absolute Gasteiger partial charge is 0.395 e. The fourth-order valence-corrected chi connectivity index (χ4v) is 4.90. The number of anilines is 2. The van der Waals surface area contributed by atoms with Crippen LogP contribution in [-0.2, 0) is 4.79 Å². The Morgan fingerprint density at radius 3 is 2.34 bits per heavy atom. The molecule has 1 saturated carbocycles. The summed E-state index contributed by atoms with van der Waals surface area (Å²) in [4.78, 5) is 40.0. The Labute approximate surface area is 204 Å². The maximum atomic E-state index is 14.2. The number of nitrogens with zero attached hydrogens (tertiary/aromatic N) is 2. The highest BCUT2D eigenvalue weighted by atomic mass is 32.1. The SMILES string of the molecule is NC(=O)c1nsc(C(=O)N(c2cccc(F)c2)C(C(=O)NC2CCCC2)c2ccc(F)cc2)c1N. The van der Waals surface area contributed by atoms with Crippen molar-refractivity contribution >= 4 is 40.6 Å². The van der Waals surface area contributed by atoms with Crippen LogP contribution in [0.4, 0.5) is 20.2 Å². The molecule has 1 aromatic heterocycles. The summed E-state index contributed by atoms with van der Waals surface area (Å²) in [5.41, 5.74) is 11.2. The summed E-state index contributed by atoms with van der Waals surface area (Å²) in [5.74, 6) is -3.37. The topological polar surface area (TPSA) is 131 Å². The zero-order valence-electron chi connectivity index (χ0n) is 18.5. The molecule has 4 rings (SSSR count). The van der Waals surface area contributed by atoms with Gasteiger partial charge in [0.2, 0.25) is 5.91 Å². The third kappa shape index (κ3) is 5.14. The number of nitrogen functional groups attached to an aromatic ring is 1. The number of carbonyl (C=O) groups excluding carboxylic acids is 3. The number of rotatable bonds is 7. The summed E-state index contributed by atoms with van der Waals surface area (Å²) in [6.45, 7) is 0. The molecule has 0 aliphatic heterocycles. The standard InChI is InChI=1S/C24H23F2N5O3S/c25-14-10-8-13(9-11-14)20(23(33)29-16-5-1-2-6-16)31(17-7-3-4-15(26)12-17)24(34)21-18(27)19(22(28)32)30-35-21/h3-4,7-12,16,20H,1-2,5-6,27H2,(H2,28,32)(H,29,33). The van der Waals surface area contributed by atoms with Crippen molar-refractivity contribution in [1.82, 2.24) is 9.69 Å². The summed E-state index contributed by atoms with van der Waals surface area (Å²) in [6, 6.07) is 8.91. The van der Waals surface area contributed by atoms with Gasteiger partial charge in [0.1, 0.15) is 22.6 Å². The van der Waals surface area contributed by atoms with E-state index < -0.39 is 35.4 Å². The van der Waals surface area contributed by atoms with Gasteiger partial charge in [-0.2, -0.15) is 4.37 Å². The number of halogens is 2. The van der Waals surface area contributed by atoms with Crippen LogP contribution in [0.1, 0.15) is 57.4 Å². The van der Waals surface area contributed by atoms with E-state index in [2.05, 4.69) is 9.69 Å². The molecule has 11 heteroatoms. The molecule has 2 aromatic carbocycles. The van der Waals surface area contributed by atoms with Crippen LogP contribution in [0, 0.1) is 11.6 Å². The highest BCUT2D eigenvalue weighted by Crippen LogP contribution is 2.34. The highest BCUT2D eigenvalue weighted by molar-refractivity contribution is 7.09. The van der Waals surface area contributed by atoms with Crippen molar-refractivity contribution in [3.05, 3.63) is 76.3 Å². The van der Waals surface area contributed by atoms with Crippen LogP contribution in [0.2, 0.25) is 0 Å². The zero-order valence-corrected chi connectivity index (χ0v) is 19.4. The maximum absolute atomic E-state index is 14.2. The van der Waals surface area contributed by atoms with Crippen LogP contribution >= 0.6 is 11.5 Å². The van der Waals surface area contributed by atoms with Gasteiger partial charge in [-0.05, 0) is 60.3 Å². The molecular weight excluding hydrogens is 476 g/mol. The van der Waals surface area contributed by atoms with Gasteiger partial charge in [-0.1, -0.05) is 31.0 Å². The molecule has 0 saturated heterocycles. The Morgan fingerprint density at radius 2 is 1.74 bits per heavy atom. The first kappa shape index (κ1) is 24.3. The minimum absolute atomic E-state index is 0.0688. The second-order valence-corrected chi connectivity index (χ2v) is 9.01. The number of amides is 3. The first-order valence-corrected chi connectivity index (χ1v) is 11.7. The fourth-order valence-electron chi connectivity index (χ4n) is 4.16. The van der Waals surface area contributed by atoms with Gasteiger partial charge in [0.15, 0.2) is 5.69 Å². The lowest BCUT2D eigenvalue weighted by Gasteiger charge is -2.32. The lowest BCUT2D eigenvalue weighted by Crippen LogP contribution is -2.46. The molecule has 1 aliphatic carbocycles. The van der Waals surface area contributed by atoms with Crippen LogP contribution in [0.15, 0.2) is 48.5 Å². The number of nitrogens with two attached hydrogens (primary N) is 2. The molecule has 1 aliphatic rings. The molecule has 1 fully saturated rings. The van der Waals surface area contributed by atoms with E-state index in [1.54, 1.807) is 0 Å². The number of hydrogen-bond acceptors (Lipinski definition) is 6. The Hall–Kier alpha value is -3.86. The van der Waals surface area contributed by atoms with Gasteiger partial charge in [0, 0.05) is 11.7 Å². The number of benzene rings is 2. The number of carbonyl (C=O) groups is 3. The second-order valence-electron chi connectivity index (χ2n) is 8.24. The van der Waals surface area contributed by atoms with E-state index in [1.807, 2.05) is 0 Å². The van der Waals surface area contributed by atoms with E-state index in [1.165, 1.54) is 42.5 Å². The minimum Gasteiger partial charge on any atom is -0.395 e. The van der Waals surface area contributed by atoms with Crippen molar-refractivity contribution in [3.63, 3.8) is 0 Å². The summed E-state index contributed by atoms with van der Waals surface area (Å²) in [5, 5.41) is 2.96. The molecule has 1 heterocycles. The third-order valence-electron chi connectivity index (χ3n) is 5.85. The molecule has 1 unspecified atom stereocenters. The van der Waals surface area contributed by atoms with E-state index in [0.29, 0.717) is 17.1 Å². The van der Waals surface area contributed by atoms with Crippen LogP contribution < -0.4 is 21.7 Å². The van der Waals surface area contributed by atoms with Crippen LogP contribution in [-0.4, -0.2) is 28.1 Å². The molecule has 8 nitrogen and oxygen atoms in total. The molecular formula is C24H23F2N5O3S. The van der Waals surface area contributed by atoms with Gasteiger partial charge in [0.25, 0.3) is 11.8 Å². The highest BCUT2D eigenvalue weighted by Gasteiger charge is 2.37. The lowest BCUT2D eigenvalue weighted by molar-refractivity contribution is -0.123. The molecule has 1 atom stereocenters. The predicted octanol–water partition coefficient (Wildman–Crippen LogP) is 3.55. The fraction of sp³-hybridized carbons (Fsp3) is 0.250. The van der Waals surface area contributed by atoms with Crippen molar-refractivity contribution in [2.75, 3.05) is 10.6 Å². The molecule has 182 valence electrons.